The molecule has 4 N–H and O–H groups in total. The van der Waals surface area contributed by atoms with E-state index < -0.39 is 11.9 Å². The number of carbonyl (C=O) groups excluding carboxylic acids is 1. The van der Waals surface area contributed by atoms with E-state index in [0.717, 1.165) is 18.4 Å². The standard InChI is InChI=1S/C15H23N3O3/c1-9-7-8-17-14(12(9)13(16)19)18-11(3)6-4-5-10(2)15(20)21/h7-8,10-11H,4-6H2,1-3H3,(H2,16,19)(H,17,18)(H,20,21). The number of aryl methyl sites for hydroxylation is 1. The van der Waals surface area contributed by atoms with Crippen molar-refractivity contribution < 1.29 is 14.7 Å². The molecule has 2 atom stereocenters. The van der Waals surface area contributed by atoms with Crippen LogP contribution in [0, 0.1) is 12.8 Å². The summed E-state index contributed by atoms with van der Waals surface area (Å²) in [5, 5.41) is 12.0. The van der Waals surface area contributed by atoms with Gasteiger partial charge in [-0.3, -0.25) is 9.59 Å². The fraction of sp³-hybridized carbons (Fsp3) is 0.533. The van der Waals surface area contributed by atoms with Gasteiger partial charge in [0.2, 0.25) is 0 Å². The number of carboxylic acid groups (broad SMARTS) is 1. The average Bonchev–Trinajstić information content (AvgIpc) is 2.37. The van der Waals surface area contributed by atoms with Gasteiger partial charge < -0.3 is 16.2 Å². The molecule has 2 unspecified atom stereocenters. The number of hydrogen-bond donors (Lipinski definition) is 3. The van der Waals surface area contributed by atoms with E-state index in [1.807, 2.05) is 13.8 Å². The fourth-order valence-corrected chi connectivity index (χ4v) is 2.14. The highest BCUT2D eigenvalue weighted by atomic mass is 16.4. The van der Waals surface area contributed by atoms with Crippen molar-refractivity contribution in [1.82, 2.24) is 4.98 Å². The van der Waals surface area contributed by atoms with E-state index >= 15 is 0 Å². The Labute approximate surface area is 124 Å². The monoisotopic (exact) mass is 293 g/mol. The summed E-state index contributed by atoms with van der Waals surface area (Å²) in [6.45, 7) is 5.49. The first kappa shape index (κ1) is 16.9. The molecule has 0 aliphatic rings. The number of aliphatic carboxylic acids is 1. The van der Waals surface area contributed by atoms with Gasteiger partial charge in [-0.05, 0) is 38.3 Å². The van der Waals surface area contributed by atoms with Crippen molar-refractivity contribution in [3.05, 3.63) is 23.4 Å². The van der Waals surface area contributed by atoms with Crippen molar-refractivity contribution >= 4 is 17.7 Å². The van der Waals surface area contributed by atoms with Crippen molar-refractivity contribution in [1.29, 1.82) is 0 Å². The quantitative estimate of drug-likeness (QED) is 0.681. The van der Waals surface area contributed by atoms with Crippen LogP contribution in [0.1, 0.15) is 49.0 Å². The van der Waals surface area contributed by atoms with Crippen LogP contribution in [0.25, 0.3) is 0 Å². The van der Waals surface area contributed by atoms with Gasteiger partial charge in [-0.1, -0.05) is 13.3 Å². The molecule has 0 aliphatic heterocycles. The Balaban J connectivity index is 2.59. The number of nitrogens with two attached hydrogens (primary N) is 1. The normalized spacial score (nSPS) is 13.5. The largest absolute Gasteiger partial charge is 0.481 e. The molecule has 0 spiro atoms. The number of aromatic nitrogens is 1. The topological polar surface area (TPSA) is 105 Å². The lowest BCUT2D eigenvalue weighted by atomic mass is 10.0. The van der Waals surface area contributed by atoms with E-state index in [0.29, 0.717) is 17.8 Å². The van der Waals surface area contributed by atoms with Gasteiger partial charge in [-0.2, -0.15) is 0 Å². The molecule has 0 radical (unpaired) electrons. The Bertz CT molecular complexity index is 517. The van der Waals surface area contributed by atoms with E-state index in [1.54, 1.807) is 19.2 Å². The van der Waals surface area contributed by atoms with Crippen LogP contribution in [0.15, 0.2) is 12.3 Å². The molecule has 0 bridgehead atoms. The molecule has 0 saturated heterocycles. The number of carbonyl (C=O) groups is 2. The van der Waals surface area contributed by atoms with Crippen molar-refractivity contribution in [3.63, 3.8) is 0 Å². The highest BCUT2D eigenvalue weighted by Crippen LogP contribution is 2.18. The number of nitrogens with one attached hydrogen (secondary N) is 1. The van der Waals surface area contributed by atoms with Gasteiger partial charge in [-0.15, -0.1) is 0 Å². The third kappa shape index (κ3) is 5.06. The lowest BCUT2D eigenvalue weighted by Crippen LogP contribution is -2.22. The minimum absolute atomic E-state index is 0.0818. The molecule has 0 saturated carbocycles. The van der Waals surface area contributed by atoms with Crippen molar-refractivity contribution in [3.8, 4) is 0 Å². The maximum atomic E-state index is 11.5. The minimum Gasteiger partial charge on any atom is -0.481 e. The Morgan fingerprint density at radius 2 is 2.05 bits per heavy atom. The average molecular weight is 293 g/mol. The van der Waals surface area contributed by atoms with Gasteiger partial charge >= 0.3 is 5.97 Å². The summed E-state index contributed by atoms with van der Waals surface area (Å²) < 4.78 is 0. The number of amides is 1. The van der Waals surface area contributed by atoms with E-state index in [-0.39, 0.29) is 12.0 Å². The van der Waals surface area contributed by atoms with Crippen LogP contribution in [-0.2, 0) is 4.79 Å². The Hall–Kier alpha value is -2.11. The molecule has 0 aromatic carbocycles. The van der Waals surface area contributed by atoms with Crippen LogP contribution in [0.2, 0.25) is 0 Å². The third-order valence-electron chi connectivity index (χ3n) is 3.48. The molecular weight excluding hydrogens is 270 g/mol. The zero-order chi connectivity index (χ0) is 16.0. The summed E-state index contributed by atoms with van der Waals surface area (Å²) >= 11 is 0. The molecule has 6 nitrogen and oxygen atoms in total. The highest BCUT2D eigenvalue weighted by molar-refractivity contribution is 5.99. The van der Waals surface area contributed by atoms with E-state index in [1.165, 1.54) is 0 Å². The number of carboxylic acids is 1. The highest BCUT2D eigenvalue weighted by Gasteiger charge is 2.15. The van der Waals surface area contributed by atoms with Crippen LogP contribution in [0.5, 0.6) is 0 Å². The first-order chi connectivity index (χ1) is 9.82. The lowest BCUT2D eigenvalue weighted by Gasteiger charge is -2.17. The molecular formula is C15H23N3O3. The van der Waals surface area contributed by atoms with Crippen LogP contribution < -0.4 is 11.1 Å². The summed E-state index contributed by atoms with van der Waals surface area (Å²) in [6, 6.07) is 1.82. The smallest absolute Gasteiger partial charge is 0.306 e. The Morgan fingerprint density at radius 3 is 2.62 bits per heavy atom. The van der Waals surface area contributed by atoms with E-state index in [4.69, 9.17) is 10.8 Å². The first-order valence-electron chi connectivity index (χ1n) is 7.07. The second-order valence-corrected chi connectivity index (χ2v) is 5.43. The predicted molar refractivity (Wildman–Crippen MR) is 81.2 cm³/mol. The number of primary amides is 1. The summed E-state index contributed by atoms with van der Waals surface area (Å²) in [5.41, 5.74) is 6.57. The zero-order valence-electron chi connectivity index (χ0n) is 12.7. The summed E-state index contributed by atoms with van der Waals surface area (Å²) in [5.74, 6) is -1.13. The van der Waals surface area contributed by atoms with Crippen LogP contribution in [-0.4, -0.2) is 28.0 Å². The van der Waals surface area contributed by atoms with Gasteiger partial charge in [0, 0.05) is 12.2 Å². The Morgan fingerprint density at radius 1 is 1.38 bits per heavy atom. The fourth-order valence-electron chi connectivity index (χ4n) is 2.14. The van der Waals surface area contributed by atoms with Crippen LogP contribution in [0.3, 0.4) is 0 Å². The maximum absolute atomic E-state index is 11.5. The van der Waals surface area contributed by atoms with E-state index in [9.17, 15) is 9.59 Å². The molecule has 1 amide bonds. The van der Waals surface area contributed by atoms with Crippen molar-refractivity contribution in [2.45, 2.75) is 46.1 Å². The molecule has 6 heteroatoms. The number of nitrogens with zero attached hydrogens (tertiary/aromatic N) is 1. The molecule has 1 heterocycles. The molecule has 116 valence electrons. The number of rotatable bonds is 8. The van der Waals surface area contributed by atoms with Gasteiger partial charge in [0.05, 0.1) is 11.5 Å². The van der Waals surface area contributed by atoms with Crippen molar-refractivity contribution in [2.75, 3.05) is 5.32 Å². The predicted octanol–water partition coefficient (Wildman–Crippen LogP) is 2.18. The first-order valence-corrected chi connectivity index (χ1v) is 7.07. The zero-order valence-corrected chi connectivity index (χ0v) is 12.7. The van der Waals surface area contributed by atoms with Gasteiger partial charge in [0.15, 0.2) is 0 Å². The van der Waals surface area contributed by atoms with E-state index in [2.05, 4.69) is 10.3 Å². The summed E-state index contributed by atoms with van der Waals surface area (Å²) in [6.07, 6.45) is 3.85. The molecule has 0 fully saturated rings. The molecule has 1 aromatic heterocycles. The van der Waals surface area contributed by atoms with Crippen LogP contribution in [0.4, 0.5) is 5.82 Å². The summed E-state index contributed by atoms with van der Waals surface area (Å²) in [7, 11) is 0. The maximum Gasteiger partial charge on any atom is 0.306 e. The molecule has 21 heavy (non-hydrogen) atoms. The molecule has 1 rings (SSSR count). The van der Waals surface area contributed by atoms with Gasteiger partial charge in [-0.25, -0.2) is 4.98 Å². The SMILES string of the molecule is Cc1ccnc(NC(C)CCCC(C)C(=O)O)c1C(N)=O. The molecule has 1 aromatic rings. The second kappa shape index (κ2) is 7.61. The third-order valence-corrected chi connectivity index (χ3v) is 3.48. The van der Waals surface area contributed by atoms with Crippen LogP contribution >= 0.6 is 0 Å². The number of pyridine rings is 1. The van der Waals surface area contributed by atoms with Crippen molar-refractivity contribution in [2.24, 2.45) is 11.7 Å². The number of anilines is 1. The second-order valence-electron chi connectivity index (χ2n) is 5.43. The van der Waals surface area contributed by atoms with Gasteiger partial charge in [0.1, 0.15) is 5.82 Å². The minimum atomic E-state index is -0.771. The Kier molecular flexibility index (Phi) is 6.14. The van der Waals surface area contributed by atoms with Gasteiger partial charge in [0.25, 0.3) is 5.91 Å². The number of hydrogen-bond acceptors (Lipinski definition) is 4. The summed E-state index contributed by atoms with van der Waals surface area (Å²) in [4.78, 5) is 26.4. The molecule has 0 aliphatic carbocycles. The lowest BCUT2D eigenvalue weighted by molar-refractivity contribution is -0.141.